The first-order chi connectivity index (χ1) is 13.5. The molecule has 2 aliphatic rings. The van der Waals surface area contributed by atoms with E-state index in [0.29, 0.717) is 5.92 Å². The number of amides is 1. The van der Waals surface area contributed by atoms with Crippen molar-refractivity contribution < 1.29 is 9.53 Å². The number of aryl methyl sites for hydroxylation is 3. The van der Waals surface area contributed by atoms with Gasteiger partial charge >= 0.3 is 0 Å². The van der Waals surface area contributed by atoms with Crippen LogP contribution in [0.5, 0.6) is 0 Å². The monoisotopic (exact) mass is 401 g/mol. The van der Waals surface area contributed by atoms with Gasteiger partial charge in [-0.3, -0.25) is 4.79 Å². The van der Waals surface area contributed by atoms with Gasteiger partial charge in [-0.05, 0) is 33.6 Å². The maximum Gasteiger partial charge on any atom is 0.265 e. The molecule has 8 heteroatoms. The van der Waals surface area contributed by atoms with Crippen LogP contribution >= 0.6 is 11.3 Å². The molecule has 2 fully saturated rings. The van der Waals surface area contributed by atoms with Gasteiger partial charge < -0.3 is 14.5 Å². The van der Waals surface area contributed by atoms with Gasteiger partial charge in [-0.15, -0.1) is 11.3 Å². The highest BCUT2D eigenvalue weighted by molar-refractivity contribution is 7.13. The number of aromatic nitrogens is 3. The van der Waals surface area contributed by atoms with Gasteiger partial charge in [-0.1, -0.05) is 0 Å². The van der Waals surface area contributed by atoms with E-state index in [2.05, 4.69) is 16.0 Å². The zero-order valence-corrected chi connectivity index (χ0v) is 17.6. The fourth-order valence-electron chi connectivity index (χ4n) is 3.93. The number of piperidine rings is 1. The smallest absolute Gasteiger partial charge is 0.265 e. The predicted octanol–water partition coefficient (Wildman–Crippen LogP) is 2.71. The van der Waals surface area contributed by atoms with E-state index in [1.54, 1.807) is 0 Å². The molecule has 0 radical (unpaired) electrons. The molecular weight excluding hydrogens is 374 g/mol. The van der Waals surface area contributed by atoms with Gasteiger partial charge in [0.2, 0.25) is 0 Å². The topological polar surface area (TPSA) is 71.5 Å². The van der Waals surface area contributed by atoms with Crippen molar-refractivity contribution in [1.82, 2.24) is 19.9 Å². The lowest BCUT2D eigenvalue weighted by atomic mass is 9.95. The standard InChI is InChI=1S/C20H27N5O2S/c1-13-12-17(24-8-10-27-11-9-24)23-19(21-13)16-4-6-25(7-5-16)20(26)18-14(2)22-15(3)28-18/h12,16H,4-11H2,1-3H3. The largest absolute Gasteiger partial charge is 0.378 e. The van der Waals surface area contributed by atoms with Gasteiger partial charge in [0.05, 0.1) is 23.9 Å². The number of ether oxygens (including phenoxy) is 1. The Hall–Kier alpha value is -2.06. The summed E-state index contributed by atoms with van der Waals surface area (Å²) >= 11 is 1.49. The van der Waals surface area contributed by atoms with E-state index in [1.807, 2.05) is 25.7 Å². The zero-order chi connectivity index (χ0) is 19.7. The van der Waals surface area contributed by atoms with E-state index in [0.717, 1.165) is 85.1 Å². The average Bonchev–Trinajstić information content (AvgIpc) is 3.06. The third-order valence-electron chi connectivity index (χ3n) is 5.44. The van der Waals surface area contributed by atoms with Gasteiger partial charge in [0.1, 0.15) is 16.5 Å². The Morgan fingerprint density at radius 1 is 1.07 bits per heavy atom. The highest BCUT2D eigenvalue weighted by atomic mass is 32.1. The molecule has 0 atom stereocenters. The Morgan fingerprint density at radius 2 is 1.79 bits per heavy atom. The number of nitrogens with zero attached hydrogens (tertiary/aromatic N) is 5. The average molecular weight is 402 g/mol. The second-order valence-electron chi connectivity index (χ2n) is 7.54. The van der Waals surface area contributed by atoms with E-state index >= 15 is 0 Å². The van der Waals surface area contributed by atoms with E-state index in [-0.39, 0.29) is 5.91 Å². The van der Waals surface area contributed by atoms with Gasteiger partial charge in [-0.25, -0.2) is 15.0 Å². The molecule has 0 bridgehead atoms. The fraction of sp³-hybridized carbons (Fsp3) is 0.600. The summed E-state index contributed by atoms with van der Waals surface area (Å²) < 4.78 is 5.45. The molecule has 0 N–H and O–H groups in total. The van der Waals surface area contributed by atoms with Crippen molar-refractivity contribution in [3.05, 3.63) is 33.2 Å². The summed E-state index contributed by atoms with van der Waals surface area (Å²) in [5.41, 5.74) is 1.84. The van der Waals surface area contributed by atoms with Gasteiger partial charge in [0.15, 0.2) is 0 Å². The molecule has 2 aromatic rings. The molecule has 2 saturated heterocycles. The van der Waals surface area contributed by atoms with Gasteiger partial charge in [0, 0.05) is 43.9 Å². The number of hydrogen-bond donors (Lipinski definition) is 0. The minimum atomic E-state index is 0.112. The molecule has 7 nitrogen and oxygen atoms in total. The Labute approximate surface area is 169 Å². The summed E-state index contributed by atoms with van der Waals surface area (Å²) in [5, 5.41) is 0.944. The number of hydrogen-bond acceptors (Lipinski definition) is 7. The molecule has 0 saturated carbocycles. The van der Waals surface area contributed by atoms with Crippen molar-refractivity contribution in [3.63, 3.8) is 0 Å². The third kappa shape index (κ3) is 4.03. The van der Waals surface area contributed by atoms with E-state index in [4.69, 9.17) is 14.7 Å². The Balaban J connectivity index is 1.44. The molecule has 1 amide bonds. The second-order valence-corrected chi connectivity index (χ2v) is 8.74. The molecule has 0 aromatic carbocycles. The SMILES string of the molecule is Cc1cc(N2CCOCC2)nc(C2CCN(C(=O)c3sc(C)nc3C)CC2)n1. The van der Waals surface area contributed by atoms with Crippen LogP contribution in [0.4, 0.5) is 5.82 Å². The molecular formula is C20H27N5O2S. The second kappa shape index (κ2) is 8.13. The molecule has 0 aliphatic carbocycles. The van der Waals surface area contributed by atoms with Crippen molar-refractivity contribution in [2.75, 3.05) is 44.3 Å². The van der Waals surface area contributed by atoms with Crippen LogP contribution in [0.25, 0.3) is 0 Å². The first-order valence-electron chi connectivity index (χ1n) is 9.93. The van der Waals surface area contributed by atoms with Gasteiger partial charge in [-0.2, -0.15) is 0 Å². The van der Waals surface area contributed by atoms with Crippen molar-refractivity contribution in [2.24, 2.45) is 0 Å². The zero-order valence-electron chi connectivity index (χ0n) is 16.8. The third-order valence-corrected chi connectivity index (χ3v) is 6.50. The van der Waals surface area contributed by atoms with Crippen molar-refractivity contribution in [1.29, 1.82) is 0 Å². The molecule has 4 heterocycles. The molecule has 150 valence electrons. The number of anilines is 1. The minimum Gasteiger partial charge on any atom is -0.378 e. The first-order valence-corrected chi connectivity index (χ1v) is 10.7. The maximum atomic E-state index is 12.8. The number of thiazole rings is 1. The highest BCUT2D eigenvalue weighted by Gasteiger charge is 2.28. The number of carbonyl (C=O) groups is 1. The van der Waals surface area contributed by atoms with Crippen LogP contribution < -0.4 is 4.90 Å². The Kier molecular flexibility index (Phi) is 5.59. The van der Waals surface area contributed by atoms with Crippen LogP contribution in [0.2, 0.25) is 0 Å². The summed E-state index contributed by atoms with van der Waals surface area (Å²) in [6, 6.07) is 2.06. The number of morpholine rings is 1. The van der Waals surface area contributed by atoms with Crippen molar-refractivity contribution >= 4 is 23.1 Å². The molecule has 0 unspecified atom stereocenters. The highest BCUT2D eigenvalue weighted by Crippen LogP contribution is 2.29. The lowest BCUT2D eigenvalue weighted by Gasteiger charge is -2.32. The lowest BCUT2D eigenvalue weighted by Crippen LogP contribution is -2.39. The van der Waals surface area contributed by atoms with Crippen LogP contribution in [-0.4, -0.2) is 65.2 Å². The molecule has 2 aliphatic heterocycles. The van der Waals surface area contributed by atoms with Crippen LogP contribution in [0.1, 0.15) is 50.7 Å². The molecule has 0 spiro atoms. The van der Waals surface area contributed by atoms with Crippen molar-refractivity contribution in [3.8, 4) is 0 Å². The molecule has 28 heavy (non-hydrogen) atoms. The number of likely N-dealkylation sites (tertiary alicyclic amines) is 1. The Morgan fingerprint density at radius 3 is 2.43 bits per heavy atom. The van der Waals surface area contributed by atoms with Crippen LogP contribution in [0.3, 0.4) is 0 Å². The summed E-state index contributed by atoms with van der Waals surface area (Å²) in [7, 11) is 0. The fourth-order valence-corrected chi connectivity index (χ4v) is 4.81. The Bertz CT molecular complexity index is 854. The van der Waals surface area contributed by atoms with Crippen molar-refractivity contribution in [2.45, 2.75) is 39.5 Å². The maximum absolute atomic E-state index is 12.8. The van der Waals surface area contributed by atoms with E-state index < -0.39 is 0 Å². The van der Waals surface area contributed by atoms with Crippen LogP contribution in [0, 0.1) is 20.8 Å². The minimum absolute atomic E-state index is 0.112. The normalized spacial score (nSPS) is 18.5. The summed E-state index contributed by atoms with van der Waals surface area (Å²) in [6.07, 6.45) is 1.79. The van der Waals surface area contributed by atoms with Crippen LogP contribution in [0.15, 0.2) is 6.07 Å². The van der Waals surface area contributed by atoms with E-state index in [1.165, 1.54) is 11.3 Å². The lowest BCUT2D eigenvalue weighted by molar-refractivity contribution is 0.0715. The van der Waals surface area contributed by atoms with Crippen LogP contribution in [-0.2, 0) is 4.74 Å². The summed E-state index contributed by atoms with van der Waals surface area (Å²) in [5.74, 6) is 2.33. The molecule has 4 rings (SSSR count). The van der Waals surface area contributed by atoms with Gasteiger partial charge in [0.25, 0.3) is 5.91 Å². The predicted molar refractivity (Wildman–Crippen MR) is 109 cm³/mol. The quantitative estimate of drug-likeness (QED) is 0.788. The first kappa shape index (κ1) is 19.3. The number of rotatable bonds is 3. The van der Waals surface area contributed by atoms with E-state index in [9.17, 15) is 4.79 Å². The number of carbonyl (C=O) groups excluding carboxylic acids is 1. The molecule has 2 aromatic heterocycles. The summed E-state index contributed by atoms with van der Waals surface area (Å²) in [4.78, 5) is 31.8. The summed E-state index contributed by atoms with van der Waals surface area (Å²) in [6.45, 7) is 10.6.